The van der Waals surface area contributed by atoms with Crippen molar-refractivity contribution in [2.24, 2.45) is 0 Å². The summed E-state index contributed by atoms with van der Waals surface area (Å²) in [5.74, 6) is 0.133. The zero-order chi connectivity index (χ0) is 22.6. The molecule has 0 spiro atoms. The van der Waals surface area contributed by atoms with Crippen molar-refractivity contribution in [1.29, 1.82) is 0 Å². The van der Waals surface area contributed by atoms with Gasteiger partial charge in [-0.15, -0.1) is 11.3 Å². The Morgan fingerprint density at radius 3 is 2.61 bits per heavy atom. The fourth-order valence-corrected chi connectivity index (χ4v) is 5.42. The van der Waals surface area contributed by atoms with Crippen LogP contribution in [0.1, 0.15) is 30.5 Å². The first-order valence-corrected chi connectivity index (χ1v) is 12.7. The van der Waals surface area contributed by atoms with E-state index in [1.54, 1.807) is 11.3 Å². The van der Waals surface area contributed by atoms with Gasteiger partial charge in [-0.2, -0.15) is 0 Å². The van der Waals surface area contributed by atoms with E-state index < -0.39 is 0 Å². The molecule has 1 aliphatic rings. The second-order valence-corrected chi connectivity index (χ2v) is 9.89. The van der Waals surface area contributed by atoms with Gasteiger partial charge in [0.15, 0.2) is 4.96 Å². The molecule has 1 amide bonds. The van der Waals surface area contributed by atoms with Crippen molar-refractivity contribution in [1.82, 2.24) is 19.6 Å². The first kappa shape index (κ1) is 22.1. The number of rotatable bonds is 7. The van der Waals surface area contributed by atoms with Crippen LogP contribution in [0.15, 0.2) is 66.2 Å². The average molecular weight is 479 g/mol. The second-order valence-electron chi connectivity index (χ2n) is 8.62. The number of halogens is 1. The van der Waals surface area contributed by atoms with Crippen LogP contribution < -0.4 is 5.32 Å². The Bertz CT molecular complexity index is 1210. The molecule has 0 aliphatic carbocycles. The highest BCUT2D eigenvalue weighted by Crippen LogP contribution is 2.25. The number of aryl methyl sites for hydroxylation is 1. The van der Waals surface area contributed by atoms with E-state index in [2.05, 4.69) is 50.3 Å². The number of nitrogens with one attached hydrogen (secondary N) is 1. The topological polar surface area (TPSA) is 49.6 Å². The van der Waals surface area contributed by atoms with Gasteiger partial charge >= 0.3 is 0 Å². The first-order chi connectivity index (χ1) is 16.1. The summed E-state index contributed by atoms with van der Waals surface area (Å²) in [6.07, 6.45) is 5.25. The number of benzene rings is 2. The predicted octanol–water partition coefficient (Wildman–Crippen LogP) is 5.43. The van der Waals surface area contributed by atoms with Gasteiger partial charge in [0.2, 0.25) is 5.91 Å². The third kappa shape index (κ3) is 5.46. The molecule has 0 atom stereocenters. The molecule has 0 radical (unpaired) electrons. The van der Waals surface area contributed by atoms with Gasteiger partial charge in [-0.1, -0.05) is 54.1 Å². The summed E-state index contributed by atoms with van der Waals surface area (Å²) in [7, 11) is 0. The maximum Gasteiger partial charge on any atom is 0.220 e. The molecule has 0 saturated carbocycles. The fourth-order valence-electron chi connectivity index (χ4n) is 4.39. The van der Waals surface area contributed by atoms with Crippen LogP contribution in [0.3, 0.4) is 0 Å². The van der Waals surface area contributed by atoms with Gasteiger partial charge in [-0.25, -0.2) is 4.98 Å². The Kier molecular flexibility index (Phi) is 6.76. The summed E-state index contributed by atoms with van der Waals surface area (Å²) in [5, 5.41) is 6.07. The number of likely N-dealkylation sites (tertiary alicyclic amines) is 1. The zero-order valence-corrected chi connectivity index (χ0v) is 20.0. The maximum atomic E-state index is 12.6. The average Bonchev–Trinajstić information content (AvgIpc) is 3.41. The van der Waals surface area contributed by atoms with E-state index in [1.165, 1.54) is 5.56 Å². The molecular weight excluding hydrogens is 452 g/mol. The number of nitrogens with zero attached hydrogens (tertiary/aromatic N) is 3. The van der Waals surface area contributed by atoms with Crippen molar-refractivity contribution < 1.29 is 4.79 Å². The molecule has 170 valence electrons. The van der Waals surface area contributed by atoms with E-state index >= 15 is 0 Å². The van der Waals surface area contributed by atoms with Gasteiger partial charge < -0.3 is 5.32 Å². The van der Waals surface area contributed by atoms with Crippen LogP contribution >= 0.6 is 22.9 Å². The van der Waals surface area contributed by atoms with E-state index in [-0.39, 0.29) is 11.9 Å². The molecule has 1 aliphatic heterocycles. The lowest BCUT2D eigenvalue weighted by Crippen LogP contribution is -2.44. The fraction of sp³-hybridized carbons (Fsp3) is 0.308. The summed E-state index contributed by atoms with van der Waals surface area (Å²) < 4.78 is 2.10. The molecule has 5 rings (SSSR count). The van der Waals surface area contributed by atoms with Crippen LogP contribution in [-0.2, 0) is 17.8 Å². The van der Waals surface area contributed by atoms with Crippen LogP contribution in [-0.4, -0.2) is 39.3 Å². The lowest BCUT2D eigenvalue weighted by molar-refractivity contribution is -0.122. The van der Waals surface area contributed by atoms with E-state index in [1.807, 2.05) is 30.5 Å². The molecule has 1 fully saturated rings. The number of aromatic nitrogens is 2. The number of hydrogen-bond acceptors (Lipinski definition) is 4. The lowest BCUT2D eigenvalue weighted by Gasteiger charge is -2.32. The summed E-state index contributed by atoms with van der Waals surface area (Å²) in [4.78, 5) is 20.8. The Morgan fingerprint density at radius 1 is 1.09 bits per heavy atom. The molecule has 3 heterocycles. The molecule has 5 nitrogen and oxygen atoms in total. The van der Waals surface area contributed by atoms with Crippen LogP contribution in [0.2, 0.25) is 5.02 Å². The summed E-state index contributed by atoms with van der Waals surface area (Å²) in [5.41, 5.74) is 4.43. The Balaban J connectivity index is 1.11. The minimum absolute atomic E-state index is 0.133. The highest BCUT2D eigenvalue weighted by molar-refractivity contribution is 7.15. The number of fused-ring (bicyclic) bond motifs is 1. The Morgan fingerprint density at radius 2 is 1.85 bits per heavy atom. The van der Waals surface area contributed by atoms with Crippen LogP contribution in [0, 0.1) is 0 Å². The highest BCUT2D eigenvalue weighted by Gasteiger charge is 2.21. The minimum Gasteiger partial charge on any atom is -0.353 e. The molecule has 1 saturated heterocycles. The third-order valence-corrected chi connectivity index (χ3v) is 7.37. The van der Waals surface area contributed by atoms with Gasteiger partial charge in [-0.3, -0.25) is 14.1 Å². The van der Waals surface area contributed by atoms with Crippen LogP contribution in [0.4, 0.5) is 0 Å². The van der Waals surface area contributed by atoms with E-state index in [0.717, 1.165) is 54.4 Å². The van der Waals surface area contributed by atoms with Crippen molar-refractivity contribution in [3.8, 4) is 11.3 Å². The molecule has 2 aromatic heterocycles. The first-order valence-electron chi connectivity index (χ1n) is 11.4. The Labute approximate surface area is 203 Å². The molecule has 2 aromatic carbocycles. The van der Waals surface area contributed by atoms with Gasteiger partial charge in [0.25, 0.3) is 0 Å². The molecule has 33 heavy (non-hydrogen) atoms. The van der Waals surface area contributed by atoms with Crippen molar-refractivity contribution >= 4 is 33.8 Å². The SMILES string of the molecule is O=C(CCc1csc2nc(-c3ccc(Cl)cc3)cn12)NC1CCN(Cc2ccccc2)CC1. The normalized spacial score (nSPS) is 15.2. The number of carbonyl (C=O) groups is 1. The standard InChI is InChI=1S/C26H27ClN4OS/c27-21-8-6-20(7-9-21)24-17-31-23(18-33-26(31)29-24)10-11-25(32)28-22-12-14-30(15-13-22)16-19-4-2-1-3-5-19/h1-9,17-18,22H,10-16H2,(H,28,32). The van der Waals surface area contributed by atoms with Gasteiger partial charge in [0.05, 0.1) is 5.69 Å². The van der Waals surface area contributed by atoms with Crippen molar-refractivity contribution in [2.75, 3.05) is 13.1 Å². The predicted molar refractivity (Wildman–Crippen MR) is 135 cm³/mol. The van der Waals surface area contributed by atoms with E-state index in [9.17, 15) is 4.79 Å². The van der Waals surface area contributed by atoms with Crippen LogP contribution in [0.25, 0.3) is 16.2 Å². The monoisotopic (exact) mass is 478 g/mol. The summed E-state index contributed by atoms with van der Waals surface area (Å²) >= 11 is 7.61. The van der Waals surface area contributed by atoms with Gasteiger partial charge in [0.1, 0.15) is 0 Å². The quantitative estimate of drug-likeness (QED) is 0.385. The number of piperidine rings is 1. The van der Waals surface area contributed by atoms with Crippen molar-refractivity contribution in [3.63, 3.8) is 0 Å². The number of imidazole rings is 1. The number of carbonyl (C=O) groups excluding carboxylic acids is 1. The lowest BCUT2D eigenvalue weighted by atomic mass is 10.0. The van der Waals surface area contributed by atoms with Crippen molar-refractivity contribution in [3.05, 3.63) is 82.5 Å². The smallest absolute Gasteiger partial charge is 0.220 e. The van der Waals surface area contributed by atoms with E-state index in [0.29, 0.717) is 17.9 Å². The Hall–Kier alpha value is -2.67. The molecule has 0 unspecified atom stereocenters. The third-order valence-electron chi connectivity index (χ3n) is 6.23. The molecule has 0 bridgehead atoms. The largest absolute Gasteiger partial charge is 0.353 e. The molecule has 4 aromatic rings. The molecular formula is C26H27ClN4OS. The number of amides is 1. The summed E-state index contributed by atoms with van der Waals surface area (Å²) in [6, 6.07) is 18.6. The van der Waals surface area contributed by atoms with E-state index in [4.69, 9.17) is 16.6 Å². The zero-order valence-electron chi connectivity index (χ0n) is 18.4. The number of thiazole rings is 1. The van der Waals surface area contributed by atoms with Gasteiger partial charge in [-0.05, 0) is 37.0 Å². The molecule has 1 N–H and O–H groups in total. The highest BCUT2D eigenvalue weighted by atomic mass is 35.5. The van der Waals surface area contributed by atoms with Crippen molar-refractivity contribution in [2.45, 2.75) is 38.3 Å². The summed E-state index contributed by atoms with van der Waals surface area (Å²) in [6.45, 7) is 3.03. The van der Waals surface area contributed by atoms with Crippen LogP contribution in [0.5, 0.6) is 0 Å². The minimum atomic E-state index is 0.133. The maximum absolute atomic E-state index is 12.6. The number of hydrogen-bond donors (Lipinski definition) is 1. The van der Waals surface area contributed by atoms with Gasteiger partial charge in [0, 0.05) is 60.0 Å². The molecule has 7 heteroatoms. The second kappa shape index (κ2) is 10.1.